The number of hydrogen-bond donors (Lipinski definition) is 2. The minimum Gasteiger partial charge on any atom is -0.496 e. The second kappa shape index (κ2) is 10.1. The minimum atomic E-state index is -0.578. The van der Waals surface area contributed by atoms with Crippen LogP contribution in [0.3, 0.4) is 0 Å². The first-order chi connectivity index (χ1) is 15.3. The Bertz CT molecular complexity index is 1220. The molecule has 0 saturated carbocycles. The van der Waals surface area contributed by atoms with E-state index in [1.807, 2.05) is 19.1 Å². The lowest BCUT2D eigenvalue weighted by Crippen LogP contribution is -2.33. The molecule has 1 aromatic heterocycles. The summed E-state index contributed by atoms with van der Waals surface area (Å²) in [6.45, 7) is 1.91. The highest BCUT2D eigenvalue weighted by Gasteiger charge is 2.16. The van der Waals surface area contributed by atoms with E-state index in [1.54, 1.807) is 18.2 Å². The first kappa shape index (κ1) is 23.0. The van der Waals surface area contributed by atoms with Gasteiger partial charge in [-0.15, -0.1) is 0 Å². The number of furan rings is 1. The lowest BCUT2D eigenvalue weighted by molar-refractivity contribution is -0.384. The topological polar surface area (TPSA) is 107 Å². The number of anilines is 1. The fourth-order valence-corrected chi connectivity index (χ4v) is 3.09. The summed E-state index contributed by atoms with van der Waals surface area (Å²) in [5.41, 5.74) is 1.66. The first-order valence-corrected chi connectivity index (χ1v) is 10.0. The van der Waals surface area contributed by atoms with Gasteiger partial charge < -0.3 is 14.5 Å². The van der Waals surface area contributed by atoms with Gasteiger partial charge in [-0.1, -0.05) is 23.7 Å². The highest BCUT2D eigenvalue weighted by Crippen LogP contribution is 2.29. The van der Waals surface area contributed by atoms with Crippen LogP contribution in [0, 0.1) is 17.0 Å². The molecule has 0 fully saturated rings. The number of nitro benzene ring substituents is 1. The Morgan fingerprint density at radius 3 is 2.69 bits per heavy atom. The molecule has 3 rings (SSSR count). The number of methoxy groups -OCH3 is 1. The van der Waals surface area contributed by atoms with Gasteiger partial charge in [-0.05, 0) is 61.1 Å². The van der Waals surface area contributed by atoms with E-state index in [4.69, 9.17) is 33.0 Å². The summed E-state index contributed by atoms with van der Waals surface area (Å²) in [5.74, 6) is 0.855. The van der Waals surface area contributed by atoms with Crippen LogP contribution in [0.1, 0.15) is 11.3 Å². The van der Waals surface area contributed by atoms with Crippen molar-refractivity contribution >= 4 is 52.3 Å². The van der Waals surface area contributed by atoms with Crippen LogP contribution in [-0.4, -0.2) is 23.1 Å². The Balaban J connectivity index is 1.62. The second-order valence-electron chi connectivity index (χ2n) is 6.58. The van der Waals surface area contributed by atoms with E-state index in [9.17, 15) is 14.9 Å². The number of hydrogen-bond acceptors (Lipinski definition) is 6. The van der Waals surface area contributed by atoms with Crippen molar-refractivity contribution in [3.8, 4) is 17.1 Å². The third-order valence-electron chi connectivity index (χ3n) is 4.37. The molecule has 0 saturated heterocycles. The number of thiocarbonyl (C=S) groups is 1. The standard InChI is InChI=1S/C22H18ClN3O5S/c1-13-3-4-14(11-17(13)23)20-9-6-15(31-20)7-10-21(27)25-22(32)24-18-8-5-16(30-2)12-19(18)26(28)29/h3-12H,1-2H3,(H2,24,25,27,32)/b10-7+. The predicted octanol–water partition coefficient (Wildman–Crippen LogP) is 5.35. The van der Waals surface area contributed by atoms with Crippen LogP contribution < -0.4 is 15.4 Å². The van der Waals surface area contributed by atoms with E-state index in [2.05, 4.69) is 10.6 Å². The van der Waals surface area contributed by atoms with Crippen molar-refractivity contribution in [1.29, 1.82) is 0 Å². The maximum absolute atomic E-state index is 12.2. The average molecular weight is 472 g/mol. The Kier molecular flexibility index (Phi) is 7.24. The lowest BCUT2D eigenvalue weighted by atomic mass is 10.1. The third kappa shape index (κ3) is 5.71. The SMILES string of the molecule is COc1ccc(NC(=S)NC(=O)/C=C/c2ccc(-c3ccc(C)c(Cl)c3)o2)c([N+](=O)[O-])c1. The quantitative estimate of drug-likeness (QED) is 0.216. The molecule has 0 radical (unpaired) electrons. The maximum atomic E-state index is 12.2. The molecule has 10 heteroatoms. The molecule has 1 heterocycles. The number of amides is 1. The first-order valence-electron chi connectivity index (χ1n) is 9.25. The van der Waals surface area contributed by atoms with Crippen molar-refractivity contribution in [2.24, 2.45) is 0 Å². The van der Waals surface area contributed by atoms with Gasteiger partial charge in [-0.3, -0.25) is 20.2 Å². The molecule has 0 unspecified atom stereocenters. The molecule has 0 aliphatic heterocycles. The van der Waals surface area contributed by atoms with Gasteiger partial charge in [-0.25, -0.2) is 0 Å². The average Bonchev–Trinajstić information content (AvgIpc) is 3.23. The molecular formula is C22H18ClN3O5S. The van der Waals surface area contributed by atoms with E-state index in [1.165, 1.54) is 37.5 Å². The monoisotopic (exact) mass is 471 g/mol. The number of nitro groups is 1. The molecule has 0 atom stereocenters. The fraction of sp³-hybridized carbons (Fsp3) is 0.0909. The molecule has 164 valence electrons. The Labute approximate surface area is 194 Å². The third-order valence-corrected chi connectivity index (χ3v) is 4.98. The van der Waals surface area contributed by atoms with Crippen molar-refractivity contribution in [2.45, 2.75) is 6.92 Å². The van der Waals surface area contributed by atoms with Gasteiger partial charge >= 0.3 is 0 Å². The van der Waals surface area contributed by atoms with Crippen molar-refractivity contribution in [3.05, 3.63) is 81.1 Å². The predicted molar refractivity (Wildman–Crippen MR) is 127 cm³/mol. The van der Waals surface area contributed by atoms with Crippen molar-refractivity contribution in [2.75, 3.05) is 12.4 Å². The Morgan fingerprint density at radius 2 is 2.00 bits per heavy atom. The van der Waals surface area contributed by atoms with Gasteiger partial charge in [0.05, 0.1) is 18.1 Å². The Hall–Kier alpha value is -3.69. The van der Waals surface area contributed by atoms with Crippen LogP contribution in [-0.2, 0) is 4.79 Å². The van der Waals surface area contributed by atoms with Crippen molar-refractivity contribution in [3.63, 3.8) is 0 Å². The minimum absolute atomic E-state index is 0.0950. The molecule has 1 amide bonds. The van der Waals surface area contributed by atoms with Gasteiger partial charge in [0.2, 0.25) is 5.91 Å². The summed E-state index contributed by atoms with van der Waals surface area (Å²) in [6, 6.07) is 13.3. The number of ether oxygens (including phenoxy) is 1. The molecule has 3 aromatic rings. The van der Waals surface area contributed by atoms with E-state index in [0.29, 0.717) is 22.3 Å². The van der Waals surface area contributed by atoms with Crippen LogP contribution in [0.15, 0.2) is 59.0 Å². The van der Waals surface area contributed by atoms with Crippen LogP contribution in [0.25, 0.3) is 17.4 Å². The smallest absolute Gasteiger partial charge is 0.296 e. The van der Waals surface area contributed by atoms with Gasteiger partial charge in [0, 0.05) is 16.7 Å². The summed E-state index contributed by atoms with van der Waals surface area (Å²) < 4.78 is 10.7. The van der Waals surface area contributed by atoms with Gasteiger partial charge in [0.15, 0.2) is 5.11 Å². The molecule has 8 nitrogen and oxygen atoms in total. The maximum Gasteiger partial charge on any atom is 0.296 e. The van der Waals surface area contributed by atoms with E-state index >= 15 is 0 Å². The van der Waals surface area contributed by atoms with E-state index in [-0.39, 0.29) is 16.5 Å². The summed E-state index contributed by atoms with van der Waals surface area (Å²) >= 11 is 11.2. The van der Waals surface area contributed by atoms with Crippen LogP contribution in [0.4, 0.5) is 11.4 Å². The zero-order chi connectivity index (χ0) is 23.3. The van der Waals surface area contributed by atoms with Gasteiger partial charge in [-0.2, -0.15) is 0 Å². The largest absolute Gasteiger partial charge is 0.496 e. The zero-order valence-electron chi connectivity index (χ0n) is 17.0. The van der Waals surface area contributed by atoms with Crippen LogP contribution >= 0.6 is 23.8 Å². The number of benzene rings is 2. The van der Waals surface area contributed by atoms with Crippen LogP contribution in [0.2, 0.25) is 5.02 Å². The highest BCUT2D eigenvalue weighted by molar-refractivity contribution is 7.80. The molecule has 0 bridgehead atoms. The normalized spacial score (nSPS) is 10.7. The molecule has 0 aliphatic rings. The van der Waals surface area contributed by atoms with Crippen molar-refractivity contribution in [1.82, 2.24) is 5.32 Å². The molecular weight excluding hydrogens is 454 g/mol. The fourth-order valence-electron chi connectivity index (χ4n) is 2.70. The summed E-state index contributed by atoms with van der Waals surface area (Å²) in [6.07, 6.45) is 2.72. The number of carbonyl (C=O) groups excluding carboxylic acids is 1. The molecule has 2 N–H and O–H groups in total. The molecule has 32 heavy (non-hydrogen) atoms. The number of rotatable bonds is 6. The number of nitrogens with one attached hydrogen (secondary N) is 2. The lowest BCUT2D eigenvalue weighted by Gasteiger charge is -2.09. The number of halogens is 1. The van der Waals surface area contributed by atoms with E-state index in [0.717, 1.165) is 11.1 Å². The molecule has 0 aliphatic carbocycles. The number of carbonyl (C=O) groups is 1. The van der Waals surface area contributed by atoms with E-state index < -0.39 is 10.8 Å². The summed E-state index contributed by atoms with van der Waals surface area (Å²) in [5, 5.41) is 16.8. The molecule has 2 aromatic carbocycles. The summed E-state index contributed by atoms with van der Waals surface area (Å²) in [7, 11) is 1.40. The van der Waals surface area contributed by atoms with Crippen LogP contribution in [0.5, 0.6) is 5.75 Å². The zero-order valence-corrected chi connectivity index (χ0v) is 18.6. The summed E-state index contributed by atoms with van der Waals surface area (Å²) in [4.78, 5) is 22.8. The number of nitrogens with zero attached hydrogens (tertiary/aromatic N) is 1. The Morgan fingerprint density at radius 1 is 1.22 bits per heavy atom. The van der Waals surface area contributed by atoms with Gasteiger partial charge in [0.25, 0.3) is 5.69 Å². The second-order valence-corrected chi connectivity index (χ2v) is 7.40. The number of aryl methyl sites for hydroxylation is 1. The highest BCUT2D eigenvalue weighted by atomic mass is 35.5. The molecule has 0 spiro atoms. The van der Waals surface area contributed by atoms with Gasteiger partial charge in [0.1, 0.15) is 23.0 Å². The van der Waals surface area contributed by atoms with Crippen molar-refractivity contribution < 1.29 is 18.9 Å².